The smallest absolute Gasteiger partial charge is 0.262 e. The molecule has 0 aliphatic heterocycles. The fraction of sp³-hybridized carbons (Fsp3) is 0.250. The van der Waals surface area contributed by atoms with Crippen LogP contribution in [0.1, 0.15) is 16.7 Å². The van der Waals surface area contributed by atoms with Gasteiger partial charge in [-0.2, -0.15) is 0 Å². The average Bonchev–Trinajstić information content (AvgIpc) is 2.35. The van der Waals surface area contributed by atoms with Crippen molar-refractivity contribution in [2.24, 2.45) is 0 Å². The molecule has 23 heavy (non-hydrogen) atoms. The molecule has 0 aliphatic rings. The van der Waals surface area contributed by atoms with Crippen molar-refractivity contribution in [2.45, 2.75) is 30.6 Å². The van der Waals surface area contributed by atoms with Crippen molar-refractivity contribution >= 4 is 25.5 Å². The summed E-state index contributed by atoms with van der Waals surface area (Å²) in [7, 11) is -7.20. The van der Waals surface area contributed by atoms with E-state index < -0.39 is 19.9 Å². The number of sulfonamides is 1. The van der Waals surface area contributed by atoms with Crippen LogP contribution in [0.3, 0.4) is 0 Å². The van der Waals surface area contributed by atoms with Crippen molar-refractivity contribution in [3.63, 3.8) is 0 Å². The van der Waals surface area contributed by atoms with Crippen LogP contribution in [-0.2, 0) is 19.9 Å². The summed E-state index contributed by atoms with van der Waals surface area (Å²) in [5.41, 5.74) is 2.49. The van der Waals surface area contributed by atoms with Gasteiger partial charge < -0.3 is 0 Å². The highest BCUT2D eigenvalue weighted by molar-refractivity contribution is 7.93. The molecule has 2 aromatic rings. The summed E-state index contributed by atoms with van der Waals surface area (Å²) in [6.45, 7) is 5.38. The number of sulfone groups is 1. The maximum atomic E-state index is 12.7. The Balaban J connectivity index is 2.48. The number of hydrogen-bond donors (Lipinski definition) is 1. The van der Waals surface area contributed by atoms with Crippen LogP contribution in [0.25, 0.3) is 0 Å². The maximum Gasteiger partial charge on any atom is 0.262 e. The first-order valence-electron chi connectivity index (χ1n) is 6.91. The highest BCUT2D eigenvalue weighted by atomic mass is 32.2. The van der Waals surface area contributed by atoms with E-state index in [1.54, 1.807) is 26.0 Å². The van der Waals surface area contributed by atoms with Gasteiger partial charge in [-0.05, 0) is 50.1 Å². The summed E-state index contributed by atoms with van der Waals surface area (Å²) in [5.74, 6) is 0. The molecule has 0 bridgehead atoms. The molecular weight excluding hydrogens is 334 g/mol. The zero-order chi connectivity index (χ0) is 17.4. The van der Waals surface area contributed by atoms with Crippen molar-refractivity contribution in [2.75, 3.05) is 11.0 Å². The molecule has 0 heterocycles. The van der Waals surface area contributed by atoms with E-state index in [4.69, 9.17) is 0 Å². The quantitative estimate of drug-likeness (QED) is 0.916. The van der Waals surface area contributed by atoms with E-state index in [9.17, 15) is 16.8 Å². The van der Waals surface area contributed by atoms with Gasteiger partial charge in [-0.25, -0.2) is 16.8 Å². The first kappa shape index (κ1) is 17.5. The van der Waals surface area contributed by atoms with Gasteiger partial charge in [0.15, 0.2) is 9.84 Å². The van der Waals surface area contributed by atoms with Crippen LogP contribution in [0, 0.1) is 20.8 Å². The molecule has 0 fully saturated rings. The molecule has 124 valence electrons. The largest absolute Gasteiger partial charge is 0.280 e. The standard InChI is InChI=1S/C16H19NO4S2/c1-11-8-12(2)16(13(3)9-11)23(20,21)17-14-6-5-7-15(10-14)22(4,18)19/h5-10,17H,1-4H3. The van der Waals surface area contributed by atoms with Gasteiger partial charge in [-0.3, -0.25) is 4.72 Å². The molecule has 0 atom stereocenters. The Bertz CT molecular complexity index is 938. The topological polar surface area (TPSA) is 80.3 Å². The number of anilines is 1. The Hall–Kier alpha value is -1.86. The summed E-state index contributed by atoms with van der Waals surface area (Å²) in [5, 5.41) is 0. The predicted molar refractivity (Wildman–Crippen MR) is 91.0 cm³/mol. The minimum absolute atomic E-state index is 0.0649. The lowest BCUT2D eigenvalue weighted by Gasteiger charge is -2.14. The minimum atomic E-state index is -3.80. The van der Waals surface area contributed by atoms with Gasteiger partial charge in [0, 0.05) is 6.26 Å². The van der Waals surface area contributed by atoms with E-state index >= 15 is 0 Å². The van der Waals surface area contributed by atoms with E-state index in [2.05, 4.69) is 4.72 Å². The normalized spacial score (nSPS) is 12.2. The van der Waals surface area contributed by atoms with Gasteiger partial charge in [-0.15, -0.1) is 0 Å². The lowest BCUT2D eigenvalue weighted by molar-refractivity contribution is 0.598. The molecule has 0 amide bonds. The Labute approximate surface area is 137 Å². The molecule has 7 heteroatoms. The van der Waals surface area contributed by atoms with E-state index in [0.717, 1.165) is 11.8 Å². The number of hydrogen-bond acceptors (Lipinski definition) is 4. The van der Waals surface area contributed by atoms with E-state index in [0.29, 0.717) is 11.1 Å². The zero-order valence-corrected chi connectivity index (χ0v) is 15.0. The predicted octanol–water partition coefficient (Wildman–Crippen LogP) is 2.82. The summed E-state index contributed by atoms with van der Waals surface area (Å²) < 4.78 is 50.9. The molecule has 2 aromatic carbocycles. The fourth-order valence-corrected chi connectivity index (χ4v) is 4.76. The van der Waals surface area contributed by atoms with Gasteiger partial charge in [0.25, 0.3) is 10.0 Å². The summed E-state index contributed by atoms with van der Waals surface area (Å²) in [6.07, 6.45) is 1.08. The highest BCUT2D eigenvalue weighted by Crippen LogP contribution is 2.25. The molecule has 0 saturated carbocycles. The molecule has 1 N–H and O–H groups in total. The number of aryl methyl sites for hydroxylation is 3. The van der Waals surface area contributed by atoms with Crippen LogP contribution >= 0.6 is 0 Å². The van der Waals surface area contributed by atoms with Gasteiger partial charge in [0.05, 0.1) is 15.5 Å². The molecule has 0 radical (unpaired) electrons. The van der Waals surface area contributed by atoms with Crippen LogP contribution in [0.15, 0.2) is 46.2 Å². The number of benzene rings is 2. The highest BCUT2D eigenvalue weighted by Gasteiger charge is 2.20. The molecule has 5 nitrogen and oxygen atoms in total. The van der Waals surface area contributed by atoms with Crippen LogP contribution in [0.5, 0.6) is 0 Å². The van der Waals surface area contributed by atoms with Gasteiger partial charge in [0.1, 0.15) is 0 Å². The first-order chi connectivity index (χ1) is 10.5. The van der Waals surface area contributed by atoms with Crippen LogP contribution in [0.4, 0.5) is 5.69 Å². The SMILES string of the molecule is Cc1cc(C)c(S(=O)(=O)Nc2cccc(S(C)(=O)=O)c2)c(C)c1. The van der Waals surface area contributed by atoms with E-state index in [1.165, 1.54) is 24.3 Å². The average molecular weight is 353 g/mol. The van der Waals surface area contributed by atoms with Crippen LogP contribution in [-0.4, -0.2) is 23.1 Å². The Morgan fingerprint density at radius 1 is 0.870 bits per heavy atom. The summed E-state index contributed by atoms with van der Waals surface area (Å²) >= 11 is 0. The maximum absolute atomic E-state index is 12.7. The zero-order valence-electron chi connectivity index (χ0n) is 13.4. The van der Waals surface area contributed by atoms with E-state index in [1.807, 2.05) is 6.92 Å². The second-order valence-corrected chi connectivity index (χ2v) is 9.27. The molecular formula is C16H19NO4S2. The van der Waals surface area contributed by atoms with Gasteiger partial charge in [0.2, 0.25) is 0 Å². The second kappa shape index (κ2) is 5.98. The minimum Gasteiger partial charge on any atom is -0.280 e. The summed E-state index contributed by atoms with van der Waals surface area (Å²) in [6, 6.07) is 9.36. The van der Waals surface area contributed by atoms with Crippen molar-refractivity contribution < 1.29 is 16.8 Å². The molecule has 0 saturated heterocycles. The molecule has 2 rings (SSSR count). The third-order valence-electron chi connectivity index (χ3n) is 3.39. The third kappa shape index (κ3) is 3.92. The summed E-state index contributed by atoms with van der Waals surface area (Å²) in [4.78, 5) is 0.280. The van der Waals surface area contributed by atoms with Crippen molar-refractivity contribution in [3.8, 4) is 0 Å². The van der Waals surface area contributed by atoms with Crippen molar-refractivity contribution in [1.29, 1.82) is 0 Å². The second-order valence-electron chi connectivity index (χ2n) is 5.63. The lowest BCUT2D eigenvalue weighted by atomic mass is 10.1. The molecule has 0 aromatic heterocycles. The van der Waals surface area contributed by atoms with E-state index in [-0.39, 0.29) is 15.5 Å². The number of nitrogens with one attached hydrogen (secondary N) is 1. The van der Waals surface area contributed by atoms with Crippen LogP contribution in [0.2, 0.25) is 0 Å². The Kier molecular flexibility index (Phi) is 4.54. The third-order valence-corrected chi connectivity index (χ3v) is 6.18. The Morgan fingerprint density at radius 3 is 1.96 bits per heavy atom. The molecule has 0 spiro atoms. The Morgan fingerprint density at radius 2 is 1.43 bits per heavy atom. The first-order valence-corrected chi connectivity index (χ1v) is 10.3. The lowest BCUT2D eigenvalue weighted by Crippen LogP contribution is -2.16. The molecule has 0 unspecified atom stereocenters. The van der Waals surface area contributed by atoms with Crippen LogP contribution < -0.4 is 4.72 Å². The van der Waals surface area contributed by atoms with Crippen molar-refractivity contribution in [1.82, 2.24) is 0 Å². The van der Waals surface area contributed by atoms with Gasteiger partial charge in [-0.1, -0.05) is 23.8 Å². The monoisotopic (exact) mass is 353 g/mol. The fourth-order valence-electron chi connectivity index (χ4n) is 2.59. The van der Waals surface area contributed by atoms with Gasteiger partial charge >= 0.3 is 0 Å². The van der Waals surface area contributed by atoms with Crippen molar-refractivity contribution in [3.05, 3.63) is 53.1 Å². The molecule has 0 aliphatic carbocycles. The number of rotatable bonds is 4.